The third kappa shape index (κ3) is 4.88. The van der Waals surface area contributed by atoms with Crippen LogP contribution in [0.5, 0.6) is 0 Å². The summed E-state index contributed by atoms with van der Waals surface area (Å²) in [6.45, 7) is 2.25. The van der Waals surface area contributed by atoms with Crippen LogP contribution in [0.15, 0.2) is 24.3 Å². The lowest BCUT2D eigenvalue weighted by molar-refractivity contribution is 0.503. The number of alkyl halides is 1. The fourth-order valence-corrected chi connectivity index (χ4v) is 2.66. The van der Waals surface area contributed by atoms with Crippen LogP contribution < -0.4 is 0 Å². The van der Waals surface area contributed by atoms with Gasteiger partial charge in [-0.3, -0.25) is 0 Å². The monoisotopic (exact) mass is 302 g/mol. The van der Waals surface area contributed by atoms with Gasteiger partial charge in [0.2, 0.25) is 0 Å². The molecule has 0 aliphatic carbocycles. The zero-order chi connectivity index (χ0) is 11.8. The Morgan fingerprint density at radius 1 is 1.25 bits per heavy atom. The van der Waals surface area contributed by atoms with Gasteiger partial charge in [-0.15, -0.1) is 0 Å². The minimum atomic E-state index is 0.714. The average Bonchev–Trinajstić information content (AvgIpc) is 2.30. The number of hydrogen-bond acceptors (Lipinski definition) is 0. The van der Waals surface area contributed by atoms with Crippen LogP contribution in [0, 0.1) is 5.92 Å². The molecule has 1 atom stereocenters. The van der Waals surface area contributed by atoms with Crippen molar-refractivity contribution in [3.63, 3.8) is 0 Å². The number of halogens is 2. The van der Waals surface area contributed by atoms with Crippen molar-refractivity contribution in [1.29, 1.82) is 0 Å². The Hall–Kier alpha value is -0.0100. The molecule has 1 aromatic rings. The molecular formula is C14H20BrCl. The first-order valence-corrected chi connectivity index (χ1v) is 7.57. The van der Waals surface area contributed by atoms with Crippen LogP contribution >= 0.6 is 27.5 Å². The summed E-state index contributed by atoms with van der Waals surface area (Å²) >= 11 is 9.78. The molecular weight excluding hydrogens is 284 g/mol. The number of rotatable bonds is 7. The first-order chi connectivity index (χ1) is 7.77. The third-order valence-electron chi connectivity index (χ3n) is 2.90. The van der Waals surface area contributed by atoms with Gasteiger partial charge in [-0.2, -0.15) is 0 Å². The Balaban J connectivity index is 2.46. The van der Waals surface area contributed by atoms with Gasteiger partial charge >= 0.3 is 0 Å². The van der Waals surface area contributed by atoms with Crippen molar-refractivity contribution in [2.24, 2.45) is 5.92 Å². The van der Waals surface area contributed by atoms with E-state index in [-0.39, 0.29) is 0 Å². The summed E-state index contributed by atoms with van der Waals surface area (Å²) in [5.74, 6) is 0.714. The Morgan fingerprint density at radius 2 is 2.00 bits per heavy atom. The van der Waals surface area contributed by atoms with Crippen molar-refractivity contribution in [3.05, 3.63) is 34.9 Å². The summed E-state index contributed by atoms with van der Waals surface area (Å²) in [7, 11) is 0. The van der Waals surface area contributed by atoms with Gasteiger partial charge in [0.15, 0.2) is 0 Å². The lowest BCUT2D eigenvalue weighted by atomic mass is 9.95. The van der Waals surface area contributed by atoms with Gasteiger partial charge in [0.1, 0.15) is 0 Å². The lowest BCUT2D eigenvalue weighted by Crippen LogP contribution is -2.06. The molecule has 0 saturated heterocycles. The first-order valence-electron chi connectivity index (χ1n) is 6.07. The summed E-state index contributed by atoms with van der Waals surface area (Å²) in [6.07, 6.45) is 6.35. The molecule has 2 heteroatoms. The van der Waals surface area contributed by atoms with Crippen LogP contribution in [0.4, 0.5) is 0 Å². The third-order valence-corrected chi connectivity index (χ3v) is 4.18. The fraction of sp³-hybridized carbons (Fsp3) is 0.571. The van der Waals surface area contributed by atoms with Gasteiger partial charge in [-0.25, -0.2) is 0 Å². The highest BCUT2D eigenvalue weighted by molar-refractivity contribution is 9.09. The van der Waals surface area contributed by atoms with Gasteiger partial charge in [-0.05, 0) is 30.4 Å². The van der Waals surface area contributed by atoms with E-state index in [9.17, 15) is 0 Å². The second kappa shape index (κ2) is 8.14. The zero-order valence-corrected chi connectivity index (χ0v) is 12.2. The second-order valence-corrected chi connectivity index (χ2v) is 5.37. The van der Waals surface area contributed by atoms with Crippen LogP contribution in [-0.4, -0.2) is 5.33 Å². The molecule has 16 heavy (non-hydrogen) atoms. The van der Waals surface area contributed by atoms with Crippen molar-refractivity contribution in [1.82, 2.24) is 0 Å². The molecule has 0 N–H and O–H groups in total. The zero-order valence-electron chi connectivity index (χ0n) is 9.89. The van der Waals surface area contributed by atoms with E-state index in [4.69, 9.17) is 11.6 Å². The van der Waals surface area contributed by atoms with E-state index in [1.165, 1.54) is 31.2 Å². The topological polar surface area (TPSA) is 0 Å². The Kier molecular flexibility index (Phi) is 7.15. The lowest BCUT2D eigenvalue weighted by Gasteiger charge is -2.14. The summed E-state index contributed by atoms with van der Waals surface area (Å²) in [5.41, 5.74) is 1.28. The molecule has 0 saturated carbocycles. The van der Waals surface area contributed by atoms with E-state index in [0.717, 1.165) is 16.8 Å². The fourth-order valence-electron chi connectivity index (χ4n) is 1.89. The maximum atomic E-state index is 6.17. The Morgan fingerprint density at radius 3 is 2.62 bits per heavy atom. The molecule has 0 fully saturated rings. The molecule has 0 spiro atoms. The van der Waals surface area contributed by atoms with Gasteiger partial charge in [-0.1, -0.05) is 71.9 Å². The molecule has 1 aromatic carbocycles. The van der Waals surface area contributed by atoms with Crippen LogP contribution in [0.3, 0.4) is 0 Å². The summed E-state index contributed by atoms with van der Waals surface area (Å²) in [6, 6.07) is 8.18. The van der Waals surface area contributed by atoms with Crippen LogP contribution in [0.2, 0.25) is 5.02 Å². The molecule has 0 aliphatic rings. The highest BCUT2D eigenvalue weighted by Gasteiger charge is 2.09. The summed E-state index contributed by atoms with van der Waals surface area (Å²) in [4.78, 5) is 0. The quantitative estimate of drug-likeness (QED) is 0.462. The van der Waals surface area contributed by atoms with Crippen molar-refractivity contribution >= 4 is 27.5 Å². The molecule has 90 valence electrons. The summed E-state index contributed by atoms with van der Waals surface area (Å²) < 4.78 is 0. The normalized spacial score (nSPS) is 12.7. The second-order valence-electron chi connectivity index (χ2n) is 4.31. The maximum absolute atomic E-state index is 6.17. The highest BCUT2D eigenvalue weighted by Crippen LogP contribution is 2.23. The molecule has 0 bridgehead atoms. The predicted molar refractivity (Wildman–Crippen MR) is 76.6 cm³/mol. The molecule has 0 radical (unpaired) electrons. The molecule has 1 unspecified atom stereocenters. The van der Waals surface area contributed by atoms with Gasteiger partial charge in [0.25, 0.3) is 0 Å². The molecule has 0 heterocycles. The van der Waals surface area contributed by atoms with Gasteiger partial charge in [0.05, 0.1) is 0 Å². The Bertz CT molecular complexity index is 299. The minimum Gasteiger partial charge on any atom is -0.0925 e. The van der Waals surface area contributed by atoms with Crippen molar-refractivity contribution < 1.29 is 0 Å². The van der Waals surface area contributed by atoms with E-state index in [0.29, 0.717) is 5.92 Å². The van der Waals surface area contributed by atoms with E-state index >= 15 is 0 Å². The largest absolute Gasteiger partial charge is 0.0925 e. The van der Waals surface area contributed by atoms with Crippen molar-refractivity contribution in [2.75, 3.05) is 5.33 Å². The average molecular weight is 304 g/mol. The first kappa shape index (κ1) is 14.1. The molecule has 0 aromatic heterocycles. The van der Waals surface area contributed by atoms with E-state index in [2.05, 4.69) is 35.0 Å². The molecule has 1 rings (SSSR count). The van der Waals surface area contributed by atoms with E-state index in [1.807, 2.05) is 12.1 Å². The molecule has 0 amide bonds. The number of benzene rings is 1. The standard InChI is InChI=1S/C14H20BrCl/c1-2-3-4-7-12(11-15)10-13-8-5-6-9-14(13)16/h5-6,8-9,12H,2-4,7,10-11H2,1H3. The number of unbranched alkanes of at least 4 members (excludes halogenated alkanes) is 2. The summed E-state index contributed by atoms with van der Waals surface area (Å²) in [5, 5.41) is 1.98. The van der Waals surface area contributed by atoms with Crippen molar-refractivity contribution in [2.45, 2.75) is 39.0 Å². The van der Waals surface area contributed by atoms with Crippen molar-refractivity contribution in [3.8, 4) is 0 Å². The SMILES string of the molecule is CCCCCC(CBr)Cc1ccccc1Cl. The highest BCUT2D eigenvalue weighted by atomic mass is 79.9. The molecule has 0 nitrogen and oxygen atoms in total. The van der Waals surface area contributed by atoms with Crippen LogP contribution in [0.25, 0.3) is 0 Å². The van der Waals surface area contributed by atoms with Gasteiger partial charge < -0.3 is 0 Å². The Labute approximate surface area is 113 Å². The smallest absolute Gasteiger partial charge is 0.0438 e. The van der Waals surface area contributed by atoms with E-state index in [1.54, 1.807) is 0 Å². The van der Waals surface area contributed by atoms with E-state index < -0.39 is 0 Å². The number of hydrogen-bond donors (Lipinski definition) is 0. The van der Waals surface area contributed by atoms with Crippen LogP contribution in [-0.2, 0) is 6.42 Å². The van der Waals surface area contributed by atoms with Gasteiger partial charge in [0, 0.05) is 10.4 Å². The molecule has 0 aliphatic heterocycles. The predicted octanol–water partition coefficient (Wildman–Crippen LogP) is 5.47. The maximum Gasteiger partial charge on any atom is 0.0438 e. The van der Waals surface area contributed by atoms with Crippen LogP contribution in [0.1, 0.15) is 38.2 Å². The minimum absolute atomic E-state index is 0.714.